The van der Waals surface area contributed by atoms with Gasteiger partial charge in [0.2, 0.25) is 0 Å². The first-order valence-electron chi connectivity index (χ1n) is 6.30. The monoisotopic (exact) mass is 269 g/mol. The van der Waals surface area contributed by atoms with E-state index in [1.165, 1.54) is 18.4 Å². The van der Waals surface area contributed by atoms with Crippen molar-refractivity contribution in [3.63, 3.8) is 0 Å². The summed E-state index contributed by atoms with van der Waals surface area (Å²) in [5.74, 6) is 1.96. The van der Waals surface area contributed by atoms with E-state index < -0.39 is 0 Å². The topological polar surface area (TPSA) is 30.5 Å². The van der Waals surface area contributed by atoms with Gasteiger partial charge in [-0.2, -0.15) is 0 Å². The van der Waals surface area contributed by atoms with Gasteiger partial charge in [-0.3, -0.25) is 0 Å². The van der Waals surface area contributed by atoms with Crippen LogP contribution in [0.5, 0.6) is 11.5 Å². The van der Waals surface area contributed by atoms with Gasteiger partial charge in [0.15, 0.2) is 11.5 Å². The number of ether oxygens (including phenoxy) is 2. The van der Waals surface area contributed by atoms with Gasteiger partial charge >= 0.3 is 0 Å². The van der Waals surface area contributed by atoms with E-state index in [9.17, 15) is 0 Å². The molecule has 2 rings (SSSR count). The van der Waals surface area contributed by atoms with E-state index in [4.69, 9.17) is 21.1 Å². The molecule has 1 heterocycles. The molecule has 4 heteroatoms. The quantitative estimate of drug-likeness (QED) is 0.915. The van der Waals surface area contributed by atoms with Crippen LogP contribution in [-0.2, 0) is 0 Å². The molecule has 0 amide bonds. The van der Waals surface area contributed by atoms with Crippen molar-refractivity contribution in [1.29, 1.82) is 0 Å². The van der Waals surface area contributed by atoms with Crippen molar-refractivity contribution >= 4 is 11.6 Å². The summed E-state index contributed by atoms with van der Waals surface area (Å²) in [7, 11) is 3.30. The molecule has 0 saturated carbocycles. The molecule has 3 nitrogen and oxygen atoms in total. The predicted molar refractivity (Wildman–Crippen MR) is 74.1 cm³/mol. The molecule has 1 aliphatic rings. The fourth-order valence-electron chi connectivity index (χ4n) is 2.75. The van der Waals surface area contributed by atoms with E-state index in [0.717, 1.165) is 29.4 Å². The normalized spacial score (nSPS) is 19.7. The highest BCUT2D eigenvalue weighted by Gasteiger charge is 2.23. The number of hydrogen-bond donors (Lipinski definition) is 1. The first kappa shape index (κ1) is 13.5. The van der Waals surface area contributed by atoms with Crippen molar-refractivity contribution in [2.24, 2.45) is 0 Å². The zero-order chi connectivity index (χ0) is 13.1. The van der Waals surface area contributed by atoms with Gasteiger partial charge < -0.3 is 14.8 Å². The number of piperidine rings is 1. The molecular weight excluding hydrogens is 250 g/mol. The molecule has 0 aliphatic carbocycles. The van der Waals surface area contributed by atoms with Crippen molar-refractivity contribution < 1.29 is 9.47 Å². The van der Waals surface area contributed by atoms with E-state index >= 15 is 0 Å². The van der Waals surface area contributed by atoms with E-state index in [1.807, 2.05) is 6.07 Å². The maximum Gasteiger partial charge on any atom is 0.164 e. The van der Waals surface area contributed by atoms with Crippen LogP contribution >= 0.6 is 11.6 Å². The minimum absolute atomic E-state index is 0.464. The smallest absolute Gasteiger partial charge is 0.164 e. The lowest BCUT2D eigenvalue weighted by Crippen LogP contribution is -2.29. The second-order valence-corrected chi connectivity index (χ2v) is 5.08. The lowest BCUT2D eigenvalue weighted by Gasteiger charge is -2.27. The van der Waals surface area contributed by atoms with Crippen LogP contribution in [0, 0.1) is 6.92 Å². The van der Waals surface area contributed by atoms with Crippen LogP contribution in [-0.4, -0.2) is 27.3 Å². The van der Waals surface area contributed by atoms with Gasteiger partial charge in [0.1, 0.15) is 0 Å². The molecule has 100 valence electrons. The average molecular weight is 270 g/mol. The van der Waals surface area contributed by atoms with E-state index in [1.54, 1.807) is 14.2 Å². The van der Waals surface area contributed by atoms with Crippen molar-refractivity contribution in [2.45, 2.75) is 25.7 Å². The summed E-state index contributed by atoms with van der Waals surface area (Å²) in [5.41, 5.74) is 2.29. The first-order chi connectivity index (χ1) is 8.69. The third-order valence-corrected chi connectivity index (χ3v) is 3.93. The van der Waals surface area contributed by atoms with Gasteiger partial charge in [-0.25, -0.2) is 0 Å². The summed E-state index contributed by atoms with van der Waals surface area (Å²) >= 11 is 6.41. The van der Waals surface area contributed by atoms with Crippen molar-refractivity contribution in [1.82, 2.24) is 5.32 Å². The highest BCUT2D eigenvalue weighted by Crippen LogP contribution is 2.42. The van der Waals surface area contributed by atoms with Crippen LogP contribution in [0.2, 0.25) is 5.02 Å². The van der Waals surface area contributed by atoms with Crippen molar-refractivity contribution in [3.05, 3.63) is 22.2 Å². The van der Waals surface area contributed by atoms with Crippen LogP contribution in [0.3, 0.4) is 0 Å². The molecule has 1 unspecified atom stereocenters. The summed E-state index contributed by atoms with van der Waals surface area (Å²) in [6.07, 6.45) is 2.36. The Labute approximate surface area is 113 Å². The first-order valence-corrected chi connectivity index (χ1v) is 6.68. The van der Waals surface area contributed by atoms with E-state index in [-0.39, 0.29) is 0 Å². The standard InChI is InChI=1S/C14H20ClNO2/c1-9-13(10-5-4-6-16-8-10)11(15)7-12(17-2)14(9)18-3/h7,10,16H,4-6,8H2,1-3H3. The molecule has 1 atom stereocenters. The van der Waals surface area contributed by atoms with Crippen LogP contribution in [0.1, 0.15) is 29.9 Å². The largest absolute Gasteiger partial charge is 0.493 e. The van der Waals surface area contributed by atoms with Crippen LogP contribution in [0.4, 0.5) is 0 Å². The summed E-state index contributed by atoms with van der Waals surface area (Å²) in [6, 6.07) is 1.86. The van der Waals surface area contributed by atoms with Gasteiger partial charge in [0.05, 0.1) is 14.2 Å². The zero-order valence-corrected chi connectivity index (χ0v) is 11.9. The minimum atomic E-state index is 0.464. The molecule has 1 aromatic carbocycles. The van der Waals surface area contributed by atoms with E-state index in [2.05, 4.69) is 12.2 Å². The number of rotatable bonds is 3. The molecule has 0 bridgehead atoms. The highest BCUT2D eigenvalue weighted by atomic mass is 35.5. The number of nitrogens with one attached hydrogen (secondary N) is 1. The molecule has 1 aromatic rings. The third kappa shape index (κ3) is 2.43. The molecule has 0 spiro atoms. The number of hydrogen-bond acceptors (Lipinski definition) is 3. The summed E-state index contributed by atoms with van der Waals surface area (Å²) < 4.78 is 10.8. The lowest BCUT2D eigenvalue weighted by molar-refractivity contribution is 0.351. The van der Waals surface area contributed by atoms with E-state index in [0.29, 0.717) is 11.7 Å². The predicted octanol–water partition coefficient (Wildman–Crippen LogP) is 3.13. The Kier molecular flexibility index (Phi) is 4.36. The van der Waals surface area contributed by atoms with Gasteiger partial charge in [-0.1, -0.05) is 11.6 Å². The Bertz CT molecular complexity index is 428. The zero-order valence-electron chi connectivity index (χ0n) is 11.2. The molecule has 0 aromatic heterocycles. The summed E-state index contributed by atoms with van der Waals surface area (Å²) in [6.45, 7) is 4.13. The van der Waals surface area contributed by atoms with Gasteiger partial charge in [-0.15, -0.1) is 0 Å². The Balaban J connectivity index is 2.46. The molecule has 1 N–H and O–H groups in total. The minimum Gasteiger partial charge on any atom is -0.493 e. The maximum absolute atomic E-state index is 6.41. The number of methoxy groups -OCH3 is 2. The fourth-order valence-corrected chi connectivity index (χ4v) is 3.14. The van der Waals surface area contributed by atoms with Crippen molar-refractivity contribution in [2.75, 3.05) is 27.3 Å². The van der Waals surface area contributed by atoms with Crippen molar-refractivity contribution in [3.8, 4) is 11.5 Å². The summed E-state index contributed by atoms with van der Waals surface area (Å²) in [4.78, 5) is 0. The summed E-state index contributed by atoms with van der Waals surface area (Å²) in [5, 5.41) is 4.20. The van der Waals surface area contributed by atoms with Gasteiger partial charge in [0.25, 0.3) is 0 Å². The second-order valence-electron chi connectivity index (χ2n) is 4.68. The number of halogens is 1. The molecule has 1 fully saturated rings. The Hall–Kier alpha value is -0.930. The molecule has 1 aliphatic heterocycles. The Morgan fingerprint density at radius 1 is 1.33 bits per heavy atom. The molecule has 1 saturated heterocycles. The van der Waals surface area contributed by atoms with Crippen LogP contribution < -0.4 is 14.8 Å². The number of benzene rings is 1. The maximum atomic E-state index is 6.41. The van der Waals surface area contributed by atoms with Gasteiger partial charge in [-0.05, 0) is 43.4 Å². The molecule has 18 heavy (non-hydrogen) atoms. The average Bonchev–Trinajstić information content (AvgIpc) is 2.39. The van der Waals surface area contributed by atoms with Crippen LogP contribution in [0.15, 0.2) is 6.07 Å². The van der Waals surface area contributed by atoms with Gasteiger partial charge in [0, 0.05) is 17.6 Å². The lowest BCUT2D eigenvalue weighted by atomic mass is 9.88. The van der Waals surface area contributed by atoms with Crippen LogP contribution in [0.25, 0.3) is 0 Å². The third-order valence-electron chi connectivity index (χ3n) is 3.61. The highest BCUT2D eigenvalue weighted by molar-refractivity contribution is 6.31. The molecule has 0 radical (unpaired) electrons. The SMILES string of the molecule is COc1cc(Cl)c(C2CCCNC2)c(C)c1OC. The molecular formula is C14H20ClNO2. The fraction of sp³-hybridized carbons (Fsp3) is 0.571. The second kappa shape index (κ2) is 5.81. The Morgan fingerprint density at radius 2 is 2.11 bits per heavy atom. The Morgan fingerprint density at radius 3 is 2.67 bits per heavy atom.